The van der Waals surface area contributed by atoms with Gasteiger partial charge in [-0.2, -0.15) is 0 Å². The Balaban J connectivity index is 2.06. The molecule has 18 heavy (non-hydrogen) atoms. The molecule has 0 spiro atoms. The fourth-order valence-electron chi connectivity index (χ4n) is 2.49. The number of anilines is 1. The standard InChI is InChI=1S/C14H25N3S/c1-5-7-15-11(3)13-12(4)16-14(18-13)17-8-6-10(2)9-17/h10-11,15H,5-9H2,1-4H3. The van der Waals surface area contributed by atoms with Crippen LogP contribution in [0.4, 0.5) is 5.13 Å². The first kappa shape index (κ1) is 13.8. The van der Waals surface area contributed by atoms with Crippen LogP contribution in [0.15, 0.2) is 0 Å². The number of rotatable bonds is 5. The van der Waals surface area contributed by atoms with E-state index in [0.29, 0.717) is 6.04 Å². The Labute approximate surface area is 115 Å². The fraction of sp³-hybridized carbons (Fsp3) is 0.786. The minimum Gasteiger partial charge on any atom is -0.348 e. The van der Waals surface area contributed by atoms with Crippen molar-refractivity contribution in [2.24, 2.45) is 5.92 Å². The molecule has 0 saturated carbocycles. The molecule has 1 aliphatic rings. The predicted molar refractivity (Wildman–Crippen MR) is 79.6 cm³/mol. The van der Waals surface area contributed by atoms with Crippen molar-refractivity contribution in [3.8, 4) is 0 Å². The van der Waals surface area contributed by atoms with Gasteiger partial charge in [-0.3, -0.25) is 0 Å². The van der Waals surface area contributed by atoms with Crippen molar-refractivity contribution in [3.05, 3.63) is 10.6 Å². The zero-order chi connectivity index (χ0) is 13.1. The van der Waals surface area contributed by atoms with Crippen molar-refractivity contribution >= 4 is 16.5 Å². The molecule has 1 aromatic rings. The van der Waals surface area contributed by atoms with Gasteiger partial charge in [0.05, 0.1) is 5.69 Å². The summed E-state index contributed by atoms with van der Waals surface area (Å²) in [4.78, 5) is 8.60. The van der Waals surface area contributed by atoms with Crippen molar-refractivity contribution in [3.63, 3.8) is 0 Å². The Morgan fingerprint density at radius 2 is 2.33 bits per heavy atom. The van der Waals surface area contributed by atoms with Crippen LogP contribution < -0.4 is 10.2 Å². The van der Waals surface area contributed by atoms with Crippen LogP contribution in [-0.2, 0) is 0 Å². The molecule has 2 atom stereocenters. The molecule has 4 heteroatoms. The maximum atomic E-state index is 4.76. The van der Waals surface area contributed by atoms with E-state index in [0.717, 1.165) is 12.5 Å². The molecule has 2 unspecified atom stereocenters. The van der Waals surface area contributed by atoms with E-state index in [9.17, 15) is 0 Å². The van der Waals surface area contributed by atoms with Gasteiger partial charge >= 0.3 is 0 Å². The molecule has 1 N–H and O–H groups in total. The number of hydrogen-bond donors (Lipinski definition) is 1. The largest absolute Gasteiger partial charge is 0.348 e. The molecular weight excluding hydrogens is 242 g/mol. The average molecular weight is 267 g/mol. The molecule has 1 aliphatic heterocycles. The summed E-state index contributed by atoms with van der Waals surface area (Å²) < 4.78 is 0. The summed E-state index contributed by atoms with van der Waals surface area (Å²) in [6.07, 6.45) is 2.48. The van der Waals surface area contributed by atoms with Crippen LogP contribution in [0.5, 0.6) is 0 Å². The second-order valence-electron chi connectivity index (χ2n) is 5.46. The van der Waals surface area contributed by atoms with Crippen LogP contribution in [0.2, 0.25) is 0 Å². The average Bonchev–Trinajstić information content (AvgIpc) is 2.92. The third-order valence-electron chi connectivity index (χ3n) is 3.61. The highest BCUT2D eigenvalue weighted by molar-refractivity contribution is 7.15. The lowest BCUT2D eigenvalue weighted by atomic mass is 10.2. The summed E-state index contributed by atoms with van der Waals surface area (Å²) in [5.41, 5.74) is 1.20. The molecule has 3 nitrogen and oxygen atoms in total. The quantitative estimate of drug-likeness (QED) is 0.886. The van der Waals surface area contributed by atoms with E-state index in [-0.39, 0.29) is 0 Å². The van der Waals surface area contributed by atoms with Gasteiger partial charge in [0.15, 0.2) is 5.13 Å². The molecule has 0 radical (unpaired) electrons. The summed E-state index contributed by atoms with van der Waals surface area (Å²) in [5, 5.41) is 4.77. The molecule has 0 aliphatic carbocycles. The second-order valence-corrected chi connectivity index (χ2v) is 6.47. The Bertz CT molecular complexity index is 388. The van der Waals surface area contributed by atoms with Crippen LogP contribution >= 0.6 is 11.3 Å². The molecule has 1 fully saturated rings. The van der Waals surface area contributed by atoms with Crippen LogP contribution in [0.1, 0.15) is 50.2 Å². The van der Waals surface area contributed by atoms with Crippen LogP contribution in [-0.4, -0.2) is 24.6 Å². The third kappa shape index (κ3) is 3.04. The Morgan fingerprint density at radius 1 is 1.56 bits per heavy atom. The highest BCUT2D eigenvalue weighted by Crippen LogP contribution is 2.33. The van der Waals surface area contributed by atoms with Gasteiger partial charge < -0.3 is 10.2 Å². The monoisotopic (exact) mass is 267 g/mol. The smallest absolute Gasteiger partial charge is 0.185 e. The van der Waals surface area contributed by atoms with Crippen molar-refractivity contribution in [2.45, 2.75) is 46.6 Å². The van der Waals surface area contributed by atoms with E-state index in [1.807, 2.05) is 11.3 Å². The fourth-order valence-corrected chi connectivity index (χ4v) is 3.62. The van der Waals surface area contributed by atoms with Gasteiger partial charge in [-0.1, -0.05) is 13.8 Å². The molecule has 2 rings (SSSR count). The van der Waals surface area contributed by atoms with E-state index in [1.165, 1.54) is 41.6 Å². The van der Waals surface area contributed by atoms with Gasteiger partial charge in [-0.05, 0) is 39.2 Å². The summed E-state index contributed by atoms with van der Waals surface area (Å²) in [6, 6.07) is 0.427. The van der Waals surface area contributed by atoms with E-state index < -0.39 is 0 Å². The van der Waals surface area contributed by atoms with E-state index in [4.69, 9.17) is 4.98 Å². The molecular formula is C14H25N3S. The lowest BCUT2D eigenvalue weighted by Crippen LogP contribution is -2.19. The number of hydrogen-bond acceptors (Lipinski definition) is 4. The number of aromatic nitrogens is 1. The molecule has 2 heterocycles. The number of nitrogens with zero attached hydrogens (tertiary/aromatic N) is 2. The van der Waals surface area contributed by atoms with Crippen molar-refractivity contribution in [2.75, 3.05) is 24.5 Å². The lowest BCUT2D eigenvalue weighted by Gasteiger charge is -2.14. The summed E-state index contributed by atoms with van der Waals surface area (Å²) in [6.45, 7) is 12.3. The Morgan fingerprint density at radius 3 is 2.94 bits per heavy atom. The Kier molecular flexibility index (Phi) is 4.62. The van der Waals surface area contributed by atoms with E-state index in [2.05, 4.69) is 37.9 Å². The summed E-state index contributed by atoms with van der Waals surface area (Å²) in [7, 11) is 0. The molecule has 0 bridgehead atoms. The first-order valence-electron chi connectivity index (χ1n) is 7.07. The predicted octanol–water partition coefficient (Wildman–Crippen LogP) is 3.36. The molecule has 0 amide bonds. The van der Waals surface area contributed by atoms with Crippen LogP contribution in [0.25, 0.3) is 0 Å². The topological polar surface area (TPSA) is 28.2 Å². The highest BCUT2D eigenvalue weighted by Gasteiger charge is 2.23. The van der Waals surface area contributed by atoms with Gasteiger partial charge in [0.1, 0.15) is 0 Å². The number of aryl methyl sites for hydroxylation is 1. The van der Waals surface area contributed by atoms with E-state index >= 15 is 0 Å². The van der Waals surface area contributed by atoms with Crippen LogP contribution in [0, 0.1) is 12.8 Å². The minimum absolute atomic E-state index is 0.427. The molecule has 0 aromatic carbocycles. The number of thiazole rings is 1. The SMILES string of the molecule is CCCNC(C)c1sc(N2CCC(C)C2)nc1C. The normalized spacial score (nSPS) is 21.6. The number of nitrogens with one attached hydrogen (secondary N) is 1. The van der Waals surface area contributed by atoms with Crippen LogP contribution in [0.3, 0.4) is 0 Å². The zero-order valence-electron chi connectivity index (χ0n) is 12.0. The third-order valence-corrected chi connectivity index (χ3v) is 5.01. The van der Waals surface area contributed by atoms with Gasteiger partial charge in [-0.25, -0.2) is 4.98 Å². The first-order valence-corrected chi connectivity index (χ1v) is 7.89. The van der Waals surface area contributed by atoms with E-state index in [1.54, 1.807) is 0 Å². The Hall–Kier alpha value is -0.610. The highest BCUT2D eigenvalue weighted by atomic mass is 32.1. The zero-order valence-corrected chi connectivity index (χ0v) is 12.8. The second kappa shape index (κ2) is 6.02. The maximum absolute atomic E-state index is 4.76. The van der Waals surface area contributed by atoms with Crippen molar-refractivity contribution in [1.29, 1.82) is 0 Å². The molecule has 102 valence electrons. The van der Waals surface area contributed by atoms with Gasteiger partial charge in [0.25, 0.3) is 0 Å². The summed E-state index contributed by atoms with van der Waals surface area (Å²) >= 11 is 1.87. The lowest BCUT2D eigenvalue weighted by molar-refractivity contribution is 0.575. The van der Waals surface area contributed by atoms with Gasteiger partial charge in [0, 0.05) is 24.0 Å². The maximum Gasteiger partial charge on any atom is 0.185 e. The molecule has 1 aromatic heterocycles. The minimum atomic E-state index is 0.427. The van der Waals surface area contributed by atoms with Gasteiger partial charge in [-0.15, -0.1) is 11.3 Å². The van der Waals surface area contributed by atoms with Gasteiger partial charge in [0.2, 0.25) is 0 Å². The summed E-state index contributed by atoms with van der Waals surface area (Å²) in [5.74, 6) is 0.813. The molecule has 1 saturated heterocycles. The van der Waals surface area contributed by atoms with Crippen molar-refractivity contribution < 1.29 is 0 Å². The first-order chi connectivity index (χ1) is 8.61. The van der Waals surface area contributed by atoms with Crippen molar-refractivity contribution in [1.82, 2.24) is 10.3 Å².